The van der Waals surface area contributed by atoms with E-state index in [2.05, 4.69) is 16.0 Å². The second-order valence-corrected chi connectivity index (χ2v) is 6.71. The summed E-state index contributed by atoms with van der Waals surface area (Å²) in [5.41, 5.74) is 1.56. The molecule has 3 N–H and O–H groups in total. The van der Waals surface area contributed by atoms with Crippen molar-refractivity contribution in [2.45, 2.75) is 31.8 Å². The van der Waals surface area contributed by atoms with Gasteiger partial charge in [-0.25, -0.2) is 0 Å². The fourth-order valence-electron chi connectivity index (χ4n) is 2.60. The molecular formula is C21H24N3O3S-. The summed E-state index contributed by atoms with van der Waals surface area (Å²) in [5.74, 6) is -1.70. The third-order valence-electron chi connectivity index (χ3n) is 4.13. The standard InChI is InChI=1S/C21H25N3O3S/c25-19(17-11-5-2-6-12-17)24-18(20(26)27)13-7-8-14-22-21(28)23-15-16-9-3-1-4-10-16/h1-6,9-12,18H,7-8,13-15H2,(H,24,25)(H,26,27)(H2,22,23,28)/p-1/t18-/m1/s1. The highest BCUT2D eigenvalue weighted by molar-refractivity contribution is 7.80. The van der Waals surface area contributed by atoms with Crippen LogP contribution in [0.5, 0.6) is 0 Å². The lowest BCUT2D eigenvalue weighted by atomic mass is 10.1. The molecule has 1 atom stereocenters. The number of carbonyl (C=O) groups is 2. The molecule has 0 unspecified atom stereocenters. The third-order valence-corrected chi connectivity index (χ3v) is 4.42. The van der Waals surface area contributed by atoms with E-state index in [1.165, 1.54) is 0 Å². The quantitative estimate of drug-likeness (QED) is 0.413. The second kappa shape index (κ2) is 11.7. The van der Waals surface area contributed by atoms with Crippen LogP contribution in [0.1, 0.15) is 35.2 Å². The van der Waals surface area contributed by atoms with Crippen molar-refractivity contribution in [1.29, 1.82) is 0 Å². The molecule has 0 heterocycles. The first-order valence-corrected chi connectivity index (χ1v) is 9.59. The van der Waals surface area contributed by atoms with Crippen LogP contribution in [-0.2, 0) is 11.3 Å². The van der Waals surface area contributed by atoms with E-state index in [9.17, 15) is 14.7 Å². The number of thiocarbonyl (C=S) groups is 1. The molecule has 2 aromatic carbocycles. The van der Waals surface area contributed by atoms with Crippen LogP contribution < -0.4 is 21.1 Å². The van der Waals surface area contributed by atoms with Gasteiger partial charge in [0.05, 0.1) is 12.0 Å². The molecule has 0 spiro atoms. The zero-order valence-electron chi connectivity index (χ0n) is 15.5. The van der Waals surface area contributed by atoms with E-state index in [0.29, 0.717) is 36.6 Å². The molecule has 0 fully saturated rings. The van der Waals surface area contributed by atoms with Gasteiger partial charge >= 0.3 is 0 Å². The highest BCUT2D eigenvalue weighted by atomic mass is 32.1. The summed E-state index contributed by atoms with van der Waals surface area (Å²) in [7, 11) is 0. The number of carbonyl (C=O) groups excluding carboxylic acids is 2. The fraction of sp³-hybridized carbons (Fsp3) is 0.286. The fourth-order valence-corrected chi connectivity index (χ4v) is 2.77. The van der Waals surface area contributed by atoms with Gasteiger partial charge < -0.3 is 25.9 Å². The largest absolute Gasteiger partial charge is 0.548 e. The van der Waals surface area contributed by atoms with Gasteiger partial charge in [-0.15, -0.1) is 0 Å². The van der Waals surface area contributed by atoms with Crippen molar-refractivity contribution in [3.63, 3.8) is 0 Å². The molecule has 148 valence electrons. The minimum absolute atomic E-state index is 0.298. The summed E-state index contributed by atoms with van der Waals surface area (Å²) in [6.45, 7) is 1.26. The summed E-state index contributed by atoms with van der Waals surface area (Å²) in [6, 6.07) is 17.4. The number of nitrogens with one attached hydrogen (secondary N) is 3. The molecule has 0 saturated heterocycles. The van der Waals surface area contributed by atoms with E-state index >= 15 is 0 Å². The maximum atomic E-state index is 12.1. The van der Waals surface area contributed by atoms with Gasteiger partial charge in [-0.3, -0.25) is 4.79 Å². The Kier molecular flexibility index (Phi) is 8.94. The average Bonchev–Trinajstić information content (AvgIpc) is 2.72. The summed E-state index contributed by atoms with van der Waals surface area (Å²) in [5, 5.41) is 20.6. The SMILES string of the molecule is O=C(N[C@H](CCCCNC(=S)NCc1ccccc1)C(=O)[O-])c1ccccc1. The topological polar surface area (TPSA) is 93.3 Å². The number of unbranched alkanes of at least 4 members (excludes halogenated alkanes) is 1. The lowest BCUT2D eigenvalue weighted by Crippen LogP contribution is -2.47. The third kappa shape index (κ3) is 7.75. The zero-order valence-corrected chi connectivity index (χ0v) is 16.3. The number of aliphatic carboxylic acids is 1. The maximum Gasteiger partial charge on any atom is 0.251 e. The number of amides is 1. The molecule has 0 saturated carbocycles. The number of hydrogen-bond acceptors (Lipinski definition) is 4. The number of rotatable bonds is 10. The van der Waals surface area contributed by atoms with Gasteiger partial charge in [-0.1, -0.05) is 48.5 Å². The second-order valence-electron chi connectivity index (χ2n) is 6.30. The number of carboxylic acid groups (broad SMARTS) is 1. The molecule has 28 heavy (non-hydrogen) atoms. The molecule has 0 aliphatic rings. The minimum atomic E-state index is -1.28. The maximum absolute atomic E-state index is 12.1. The van der Waals surface area contributed by atoms with Gasteiger partial charge in [0.1, 0.15) is 0 Å². The average molecular weight is 399 g/mol. The minimum Gasteiger partial charge on any atom is -0.548 e. The van der Waals surface area contributed by atoms with Crippen LogP contribution in [0, 0.1) is 0 Å². The summed E-state index contributed by atoms with van der Waals surface area (Å²) < 4.78 is 0. The smallest absolute Gasteiger partial charge is 0.251 e. The predicted octanol–water partition coefficient (Wildman–Crippen LogP) is 1.37. The van der Waals surface area contributed by atoms with Crippen LogP contribution in [0.25, 0.3) is 0 Å². The first-order valence-electron chi connectivity index (χ1n) is 9.18. The van der Waals surface area contributed by atoms with E-state index in [1.54, 1.807) is 30.3 Å². The predicted molar refractivity (Wildman–Crippen MR) is 110 cm³/mol. The Bertz CT molecular complexity index is 769. The Morgan fingerprint density at radius 1 is 0.929 bits per heavy atom. The van der Waals surface area contributed by atoms with Crippen LogP contribution in [0.4, 0.5) is 0 Å². The molecule has 6 nitrogen and oxygen atoms in total. The van der Waals surface area contributed by atoms with Crippen LogP contribution in [0.2, 0.25) is 0 Å². The van der Waals surface area contributed by atoms with E-state index < -0.39 is 17.9 Å². The van der Waals surface area contributed by atoms with Crippen LogP contribution in [-0.4, -0.2) is 29.6 Å². The van der Waals surface area contributed by atoms with Crippen molar-refractivity contribution in [2.75, 3.05) is 6.54 Å². The Labute approximate surface area is 170 Å². The molecular weight excluding hydrogens is 374 g/mol. The summed E-state index contributed by atoms with van der Waals surface area (Å²) in [4.78, 5) is 23.4. The molecule has 1 amide bonds. The van der Waals surface area contributed by atoms with Crippen LogP contribution >= 0.6 is 12.2 Å². The van der Waals surface area contributed by atoms with Crippen LogP contribution in [0.15, 0.2) is 60.7 Å². The van der Waals surface area contributed by atoms with E-state index in [1.807, 2.05) is 30.3 Å². The Morgan fingerprint density at radius 3 is 2.21 bits per heavy atom. The molecule has 0 aromatic heterocycles. The highest BCUT2D eigenvalue weighted by Crippen LogP contribution is 2.04. The Balaban J connectivity index is 1.64. The monoisotopic (exact) mass is 398 g/mol. The molecule has 2 aromatic rings. The highest BCUT2D eigenvalue weighted by Gasteiger charge is 2.14. The first-order chi connectivity index (χ1) is 13.6. The summed E-state index contributed by atoms with van der Waals surface area (Å²) in [6.07, 6.45) is 1.63. The van der Waals surface area contributed by atoms with Gasteiger partial charge in [0, 0.05) is 18.7 Å². The number of benzene rings is 2. The van der Waals surface area contributed by atoms with Gasteiger partial charge in [-0.2, -0.15) is 0 Å². The van der Waals surface area contributed by atoms with E-state index in [0.717, 1.165) is 12.0 Å². The van der Waals surface area contributed by atoms with Crippen molar-refractivity contribution < 1.29 is 14.7 Å². The lowest BCUT2D eigenvalue weighted by molar-refractivity contribution is -0.308. The van der Waals surface area contributed by atoms with Crippen LogP contribution in [0.3, 0.4) is 0 Å². The number of hydrogen-bond donors (Lipinski definition) is 3. The van der Waals surface area contributed by atoms with Gasteiger partial charge in [-0.05, 0) is 49.2 Å². The van der Waals surface area contributed by atoms with E-state index in [4.69, 9.17) is 12.2 Å². The van der Waals surface area contributed by atoms with Gasteiger partial charge in [0.15, 0.2) is 5.11 Å². The van der Waals surface area contributed by atoms with Crippen molar-refractivity contribution >= 4 is 29.2 Å². The Morgan fingerprint density at radius 2 is 1.57 bits per heavy atom. The van der Waals surface area contributed by atoms with Gasteiger partial charge in [0.25, 0.3) is 5.91 Å². The molecule has 0 aliphatic carbocycles. The zero-order chi connectivity index (χ0) is 20.2. The lowest BCUT2D eigenvalue weighted by Gasteiger charge is -2.20. The summed E-state index contributed by atoms with van der Waals surface area (Å²) >= 11 is 5.22. The van der Waals surface area contributed by atoms with Crippen molar-refractivity contribution in [2.24, 2.45) is 0 Å². The number of carboxylic acids is 1. The Hall–Kier alpha value is -2.93. The molecule has 2 rings (SSSR count). The molecule has 0 radical (unpaired) electrons. The molecule has 0 bridgehead atoms. The molecule has 7 heteroatoms. The van der Waals surface area contributed by atoms with Crippen molar-refractivity contribution in [1.82, 2.24) is 16.0 Å². The van der Waals surface area contributed by atoms with Gasteiger partial charge in [0.2, 0.25) is 0 Å². The molecule has 0 aliphatic heterocycles. The van der Waals surface area contributed by atoms with E-state index in [-0.39, 0.29) is 0 Å². The van der Waals surface area contributed by atoms with Crippen molar-refractivity contribution in [3.05, 3.63) is 71.8 Å². The van der Waals surface area contributed by atoms with Crippen molar-refractivity contribution in [3.8, 4) is 0 Å². The normalized spacial score (nSPS) is 11.3. The first kappa shape index (κ1) is 21.4.